The Morgan fingerprint density at radius 1 is 1.03 bits per heavy atom. The van der Waals surface area contributed by atoms with Crippen molar-refractivity contribution in [2.45, 2.75) is 40.0 Å². The molecular formula is C26H28N2O5. The van der Waals surface area contributed by atoms with Gasteiger partial charge < -0.3 is 10.1 Å². The first kappa shape index (κ1) is 22.7. The van der Waals surface area contributed by atoms with Gasteiger partial charge in [0.2, 0.25) is 11.8 Å². The second-order valence-corrected chi connectivity index (χ2v) is 9.14. The van der Waals surface area contributed by atoms with Gasteiger partial charge in [0.1, 0.15) is 0 Å². The Morgan fingerprint density at radius 3 is 2.58 bits per heavy atom. The molecule has 172 valence electrons. The molecular weight excluding hydrogens is 420 g/mol. The summed E-state index contributed by atoms with van der Waals surface area (Å²) in [6.45, 7) is 5.46. The number of imide groups is 1. The molecule has 33 heavy (non-hydrogen) atoms. The highest BCUT2D eigenvalue weighted by atomic mass is 16.5. The molecule has 0 spiro atoms. The number of aryl methyl sites for hydroxylation is 2. The summed E-state index contributed by atoms with van der Waals surface area (Å²) in [5.74, 6) is -1.69. The van der Waals surface area contributed by atoms with Gasteiger partial charge >= 0.3 is 5.97 Å². The molecule has 2 aliphatic rings. The maximum atomic E-state index is 13.0. The molecule has 1 aliphatic heterocycles. The summed E-state index contributed by atoms with van der Waals surface area (Å²) in [6, 6.07) is 12.0. The van der Waals surface area contributed by atoms with Crippen LogP contribution in [0.1, 0.15) is 47.7 Å². The predicted molar refractivity (Wildman–Crippen MR) is 124 cm³/mol. The van der Waals surface area contributed by atoms with E-state index < -0.39 is 18.5 Å². The highest BCUT2D eigenvalue weighted by Gasteiger charge is 2.50. The molecule has 0 bridgehead atoms. The SMILES string of the molecule is Cc1ccc(C)c(NC(=O)COC(=O)c2cccc(N3C(=O)[C@H]4C[C@H](C)CC[C@H]4C3=O)c2)c1. The summed E-state index contributed by atoms with van der Waals surface area (Å²) >= 11 is 0. The van der Waals surface area contributed by atoms with Crippen LogP contribution in [-0.4, -0.2) is 30.3 Å². The Kier molecular flexibility index (Phi) is 6.31. The Labute approximate surface area is 193 Å². The molecule has 2 aromatic carbocycles. The average Bonchev–Trinajstić information content (AvgIpc) is 3.04. The first-order valence-electron chi connectivity index (χ1n) is 11.3. The average molecular weight is 449 g/mol. The van der Waals surface area contributed by atoms with E-state index >= 15 is 0 Å². The number of nitrogens with one attached hydrogen (secondary N) is 1. The van der Waals surface area contributed by atoms with Crippen LogP contribution >= 0.6 is 0 Å². The van der Waals surface area contributed by atoms with Crippen LogP contribution in [-0.2, 0) is 19.1 Å². The third-order valence-corrected chi connectivity index (χ3v) is 6.53. The predicted octanol–water partition coefficient (Wildman–Crippen LogP) is 4.02. The van der Waals surface area contributed by atoms with Crippen LogP contribution < -0.4 is 10.2 Å². The summed E-state index contributed by atoms with van der Waals surface area (Å²) in [4.78, 5) is 51.9. The molecule has 1 heterocycles. The van der Waals surface area contributed by atoms with Crippen molar-refractivity contribution in [1.29, 1.82) is 0 Å². The maximum Gasteiger partial charge on any atom is 0.338 e. The minimum absolute atomic E-state index is 0.177. The van der Waals surface area contributed by atoms with Crippen LogP contribution in [0, 0.1) is 31.6 Å². The summed E-state index contributed by atoms with van der Waals surface area (Å²) in [5.41, 5.74) is 3.12. The molecule has 1 saturated heterocycles. The van der Waals surface area contributed by atoms with E-state index in [9.17, 15) is 19.2 Å². The second-order valence-electron chi connectivity index (χ2n) is 9.14. The first-order chi connectivity index (χ1) is 15.7. The fourth-order valence-electron chi connectivity index (χ4n) is 4.69. The zero-order valence-corrected chi connectivity index (χ0v) is 19.1. The second kappa shape index (κ2) is 9.17. The smallest absolute Gasteiger partial charge is 0.338 e. The minimum Gasteiger partial charge on any atom is -0.452 e. The van der Waals surface area contributed by atoms with E-state index in [4.69, 9.17) is 4.74 Å². The Balaban J connectivity index is 1.42. The Bertz CT molecular complexity index is 1130. The van der Waals surface area contributed by atoms with Gasteiger partial charge in [-0.1, -0.05) is 25.1 Å². The van der Waals surface area contributed by atoms with Crippen molar-refractivity contribution >= 4 is 35.1 Å². The van der Waals surface area contributed by atoms with Crippen molar-refractivity contribution in [2.75, 3.05) is 16.8 Å². The van der Waals surface area contributed by atoms with E-state index in [-0.39, 0.29) is 29.2 Å². The van der Waals surface area contributed by atoms with Crippen molar-refractivity contribution in [3.63, 3.8) is 0 Å². The van der Waals surface area contributed by atoms with Gasteiger partial charge in [-0.15, -0.1) is 0 Å². The van der Waals surface area contributed by atoms with Gasteiger partial charge in [-0.2, -0.15) is 0 Å². The van der Waals surface area contributed by atoms with E-state index in [0.29, 0.717) is 30.1 Å². The van der Waals surface area contributed by atoms with Gasteiger partial charge in [-0.05, 0) is 74.4 Å². The van der Waals surface area contributed by atoms with Crippen molar-refractivity contribution in [3.8, 4) is 0 Å². The van der Waals surface area contributed by atoms with Crippen LogP contribution in [0.4, 0.5) is 11.4 Å². The molecule has 7 heteroatoms. The molecule has 3 atom stereocenters. The van der Waals surface area contributed by atoms with E-state index in [1.165, 1.54) is 17.0 Å². The number of ether oxygens (including phenoxy) is 1. The van der Waals surface area contributed by atoms with Crippen molar-refractivity contribution in [2.24, 2.45) is 17.8 Å². The van der Waals surface area contributed by atoms with E-state index in [2.05, 4.69) is 12.2 Å². The van der Waals surface area contributed by atoms with E-state index in [0.717, 1.165) is 17.5 Å². The molecule has 2 fully saturated rings. The van der Waals surface area contributed by atoms with Gasteiger partial charge in [0.15, 0.2) is 6.61 Å². The van der Waals surface area contributed by atoms with Crippen LogP contribution in [0.2, 0.25) is 0 Å². The largest absolute Gasteiger partial charge is 0.452 e. The number of anilines is 2. The molecule has 0 unspecified atom stereocenters. The molecule has 7 nitrogen and oxygen atoms in total. The summed E-state index contributed by atoms with van der Waals surface area (Å²) < 4.78 is 5.17. The van der Waals surface area contributed by atoms with Crippen molar-refractivity contribution in [3.05, 3.63) is 59.2 Å². The Morgan fingerprint density at radius 2 is 1.79 bits per heavy atom. The monoisotopic (exact) mass is 448 g/mol. The molecule has 1 saturated carbocycles. The number of nitrogens with zero attached hydrogens (tertiary/aromatic N) is 1. The van der Waals surface area contributed by atoms with Crippen LogP contribution in [0.25, 0.3) is 0 Å². The molecule has 0 radical (unpaired) electrons. The number of hydrogen-bond acceptors (Lipinski definition) is 5. The third kappa shape index (κ3) is 4.67. The zero-order chi connectivity index (χ0) is 23.7. The number of carbonyl (C=O) groups is 4. The highest BCUT2D eigenvalue weighted by Crippen LogP contribution is 2.42. The normalized spacial score (nSPS) is 22.2. The van der Waals surface area contributed by atoms with Gasteiger partial charge in [0.05, 0.1) is 23.1 Å². The zero-order valence-electron chi connectivity index (χ0n) is 19.1. The number of carbonyl (C=O) groups excluding carboxylic acids is 4. The maximum absolute atomic E-state index is 13.0. The fourth-order valence-corrected chi connectivity index (χ4v) is 4.69. The number of hydrogen-bond donors (Lipinski definition) is 1. The van der Waals surface area contributed by atoms with Gasteiger partial charge in [0, 0.05) is 5.69 Å². The van der Waals surface area contributed by atoms with E-state index in [1.807, 2.05) is 32.0 Å². The van der Waals surface area contributed by atoms with Crippen molar-refractivity contribution in [1.82, 2.24) is 0 Å². The summed E-state index contributed by atoms with van der Waals surface area (Å²) in [6.07, 6.45) is 2.36. The highest BCUT2D eigenvalue weighted by molar-refractivity contribution is 6.22. The molecule has 2 aromatic rings. The minimum atomic E-state index is -0.696. The van der Waals surface area contributed by atoms with Crippen molar-refractivity contribution < 1.29 is 23.9 Å². The number of esters is 1. The van der Waals surface area contributed by atoms with Gasteiger partial charge in [-0.3, -0.25) is 19.3 Å². The lowest BCUT2D eigenvalue weighted by molar-refractivity contribution is -0.122. The van der Waals surface area contributed by atoms with Gasteiger partial charge in [0.25, 0.3) is 5.91 Å². The topological polar surface area (TPSA) is 92.8 Å². The number of benzene rings is 2. The quantitative estimate of drug-likeness (QED) is 0.551. The standard InChI is InChI=1S/C26H28N2O5/c1-15-8-10-20-21(11-15)25(31)28(24(20)30)19-6-4-5-18(13-19)26(32)33-14-23(29)27-22-12-16(2)7-9-17(22)3/h4-7,9,12-13,15,20-21H,8,10-11,14H2,1-3H3,(H,27,29)/t15-,20-,21+/m1/s1. The molecule has 1 aliphatic carbocycles. The lowest BCUT2D eigenvalue weighted by atomic mass is 9.76. The first-order valence-corrected chi connectivity index (χ1v) is 11.3. The number of rotatable bonds is 5. The molecule has 0 aromatic heterocycles. The summed E-state index contributed by atoms with van der Waals surface area (Å²) in [5, 5.41) is 2.74. The van der Waals surface area contributed by atoms with Crippen LogP contribution in [0.15, 0.2) is 42.5 Å². The Hall–Kier alpha value is -3.48. The number of amides is 3. The molecule has 4 rings (SSSR count). The van der Waals surface area contributed by atoms with Gasteiger partial charge in [-0.25, -0.2) is 4.79 Å². The lowest BCUT2D eigenvalue weighted by Gasteiger charge is -2.25. The van der Waals surface area contributed by atoms with Crippen LogP contribution in [0.3, 0.4) is 0 Å². The molecule has 3 amide bonds. The van der Waals surface area contributed by atoms with E-state index in [1.54, 1.807) is 12.1 Å². The number of fused-ring (bicyclic) bond motifs is 1. The lowest BCUT2D eigenvalue weighted by Crippen LogP contribution is -2.31. The summed E-state index contributed by atoms with van der Waals surface area (Å²) in [7, 11) is 0. The molecule has 1 N–H and O–H groups in total. The third-order valence-electron chi connectivity index (χ3n) is 6.53. The fraction of sp³-hybridized carbons (Fsp3) is 0.385. The van der Waals surface area contributed by atoms with Crippen LogP contribution in [0.5, 0.6) is 0 Å².